The Morgan fingerprint density at radius 2 is 1.87 bits per heavy atom. The first-order valence-corrected chi connectivity index (χ1v) is 15.8. The summed E-state index contributed by atoms with van der Waals surface area (Å²) >= 11 is 0. The largest absolute Gasteiger partial charge is 0.504 e. The van der Waals surface area contributed by atoms with Gasteiger partial charge >= 0.3 is 5.97 Å². The van der Waals surface area contributed by atoms with Gasteiger partial charge in [-0.3, -0.25) is 9.59 Å². The van der Waals surface area contributed by atoms with Crippen LogP contribution < -0.4 is 4.74 Å². The highest BCUT2D eigenvalue weighted by Gasteiger charge is 2.79. The minimum Gasteiger partial charge on any atom is -0.504 e. The molecule has 3 bridgehead atoms. The molecule has 2 aromatic carbocycles. The summed E-state index contributed by atoms with van der Waals surface area (Å²) in [4.78, 5) is 26.8. The third kappa shape index (κ3) is 4.43. The summed E-state index contributed by atoms with van der Waals surface area (Å²) in [5, 5.41) is 22.3. The number of carbonyl (C=O) groups excluding carboxylic acids is 2. The van der Waals surface area contributed by atoms with Crippen LogP contribution in [0, 0.1) is 17.8 Å². The molecule has 1 saturated carbocycles. The lowest BCUT2D eigenvalue weighted by molar-refractivity contribution is -0.421. The van der Waals surface area contributed by atoms with Crippen LogP contribution in [-0.4, -0.2) is 64.6 Å². The highest BCUT2D eigenvalue weighted by molar-refractivity contribution is 6.04. The zero-order valence-electron chi connectivity index (χ0n) is 26.6. The lowest BCUT2D eigenvalue weighted by Gasteiger charge is -2.59. The summed E-state index contributed by atoms with van der Waals surface area (Å²) in [7, 11) is 1.44. The first-order chi connectivity index (χ1) is 21.9. The Balaban J connectivity index is 1.27. The molecule has 0 amide bonds. The second-order valence-corrected chi connectivity index (χ2v) is 13.7. The van der Waals surface area contributed by atoms with Crippen molar-refractivity contribution in [2.24, 2.45) is 17.8 Å². The van der Waals surface area contributed by atoms with Crippen molar-refractivity contribution in [2.75, 3.05) is 13.7 Å². The molecule has 2 N–H and O–H groups in total. The number of hydrogen-bond acceptors (Lipinski definition) is 9. The number of aliphatic hydroxyl groups is 1. The van der Waals surface area contributed by atoms with Crippen LogP contribution in [0.4, 0.5) is 0 Å². The average molecular weight is 629 g/mol. The molecule has 0 radical (unpaired) electrons. The minimum absolute atomic E-state index is 0.0156. The van der Waals surface area contributed by atoms with E-state index in [9.17, 15) is 19.8 Å². The summed E-state index contributed by atoms with van der Waals surface area (Å²) in [6.45, 7) is 9.98. The number of aromatic hydroxyl groups is 1. The highest BCUT2D eigenvalue weighted by Crippen LogP contribution is 2.68. The van der Waals surface area contributed by atoms with E-state index in [1.54, 1.807) is 19.1 Å². The van der Waals surface area contributed by atoms with Crippen LogP contribution in [0.5, 0.6) is 11.5 Å². The van der Waals surface area contributed by atoms with Crippen molar-refractivity contribution in [3.8, 4) is 11.5 Å². The molecule has 3 aliphatic carbocycles. The fraction of sp³-hybridized carbons (Fsp3) is 0.459. The van der Waals surface area contributed by atoms with E-state index in [1.165, 1.54) is 13.2 Å². The van der Waals surface area contributed by atoms with Crippen molar-refractivity contribution in [1.29, 1.82) is 0 Å². The molecular weight excluding hydrogens is 588 g/mol. The summed E-state index contributed by atoms with van der Waals surface area (Å²) in [5.41, 5.74) is -0.241. The van der Waals surface area contributed by atoms with Crippen LogP contribution in [0.15, 0.2) is 84.0 Å². The van der Waals surface area contributed by atoms with Crippen molar-refractivity contribution in [3.63, 3.8) is 0 Å². The fourth-order valence-corrected chi connectivity index (χ4v) is 8.71. The molecule has 7 rings (SSSR count). The van der Waals surface area contributed by atoms with Gasteiger partial charge in [-0.1, -0.05) is 62.1 Å². The Morgan fingerprint density at radius 3 is 2.59 bits per heavy atom. The van der Waals surface area contributed by atoms with Gasteiger partial charge in [-0.15, -0.1) is 0 Å². The summed E-state index contributed by atoms with van der Waals surface area (Å²) < 4.78 is 31.8. The highest BCUT2D eigenvalue weighted by atomic mass is 16.9. The number of ether oxygens (including phenoxy) is 5. The molecule has 2 aliphatic heterocycles. The first kappa shape index (κ1) is 30.9. The second-order valence-electron chi connectivity index (χ2n) is 13.7. The van der Waals surface area contributed by atoms with Gasteiger partial charge in [0, 0.05) is 18.3 Å². The number of Topliss-reactive ketones (excluding diaryl/α,β-unsaturated/α-hetero) is 1. The Bertz CT molecular complexity index is 1680. The van der Waals surface area contributed by atoms with Crippen molar-refractivity contribution < 1.29 is 43.5 Å². The van der Waals surface area contributed by atoms with E-state index in [0.29, 0.717) is 29.6 Å². The van der Waals surface area contributed by atoms with Gasteiger partial charge in [0.2, 0.25) is 0 Å². The number of methoxy groups -OCH3 is 1. The number of phenolic OH excluding ortho intramolecular Hbond substituents is 1. The molecule has 8 atom stereocenters. The fourth-order valence-electron chi connectivity index (χ4n) is 8.71. The van der Waals surface area contributed by atoms with Crippen LogP contribution >= 0.6 is 0 Å². The number of benzene rings is 2. The lowest BCUT2D eigenvalue weighted by atomic mass is 9.55. The number of ketones is 1. The van der Waals surface area contributed by atoms with E-state index >= 15 is 0 Å². The number of esters is 1. The minimum atomic E-state index is -1.80. The standard InChI is InChI=1S/C37H40O9/c1-21(2)35-17-23(4)37-27(33(35)44-36(45-35,46-37)19-24-9-7-6-8-10-24)14-26(18-34(41)30(37)13-22(3)32(34)40)20-43-31(39)16-25-11-12-28(38)29(15-25)42-5/h6-15,23,27,30,33,38,41H,1,16-20H2,2-5H3/t23-,27?,30-,33-,34-,35-,36?,37-/m1/s1. The number of carbonyl (C=O) groups is 2. The number of phenols is 1. The zero-order chi connectivity index (χ0) is 32.6. The molecule has 9 heteroatoms. The predicted molar refractivity (Wildman–Crippen MR) is 167 cm³/mol. The van der Waals surface area contributed by atoms with Gasteiger partial charge in [-0.25, -0.2) is 0 Å². The third-order valence-electron chi connectivity index (χ3n) is 10.7. The molecule has 2 aromatic rings. The second kappa shape index (κ2) is 10.6. The molecular formula is C37H40O9. The molecule has 46 heavy (non-hydrogen) atoms. The molecule has 2 heterocycles. The van der Waals surface area contributed by atoms with Crippen molar-refractivity contribution in [2.45, 2.75) is 75.3 Å². The van der Waals surface area contributed by atoms with E-state index in [2.05, 4.69) is 13.5 Å². The van der Waals surface area contributed by atoms with Crippen LogP contribution in [0.2, 0.25) is 0 Å². The Labute approximate surface area is 268 Å². The summed E-state index contributed by atoms with van der Waals surface area (Å²) in [6.07, 6.45) is 4.13. The van der Waals surface area contributed by atoms with Crippen molar-refractivity contribution >= 4 is 11.8 Å². The van der Waals surface area contributed by atoms with E-state index < -0.39 is 46.7 Å². The van der Waals surface area contributed by atoms with Gasteiger partial charge in [-0.2, -0.15) is 0 Å². The predicted octanol–water partition coefficient (Wildman–Crippen LogP) is 4.74. The molecule has 5 aliphatic rings. The Kier molecular flexibility index (Phi) is 7.14. The number of hydrogen-bond donors (Lipinski definition) is 2. The Morgan fingerprint density at radius 1 is 1.11 bits per heavy atom. The molecule has 0 spiro atoms. The SMILES string of the molecule is C=C(C)[C@]12C[C@@H](C)[C@@]34OC(Cc5ccccc5)(O[C@@H]1C3C=C(COC(=O)Cc1ccc(O)c(OC)c1)C[C@]1(O)C(=O)C(C)=C[C@@H]41)O2. The molecule has 3 fully saturated rings. The Hall–Kier alpha value is -3.76. The monoisotopic (exact) mass is 628 g/mol. The first-order valence-electron chi connectivity index (χ1n) is 15.8. The van der Waals surface area contributed by atoms with E-state index in [1.807, 2.05) is 49.4 Å². The van der Waals surface area contributed by atoms with E-state index in [0.717, 1.165) is 11.1 Å². The molecule has 2 unspecified atom stereocenters. The van der Waals surface area contributed by atoms with Crippen LogP contribution in [0.25, 0.3) is 0 Å². The maximum absolute atomic E-state index is 13.8. The van der Waals surface area contributed by atoms with Crippen molar-refractivity contribution in [1.82, 2.24) is 0 Å². The molecule has 242 valence electrons. The summed E-state index contributed by atoms with van der Waals surface area (Å²) in [5.74, 6) is -3.37. The average Bonchev–Trinajstić information content (AvgIpc) is 3.32. The quantitative estimate of drug-likeness (QED) is 0.315. The van der Waals surface area contributed by atoms with Gasteiger partial charge in [0.05, 0.1) is 25.6 Å². The van der Waals surface area contributed by atoms with E-state index in [4.69, 9.17) is 23.7 Å². The third-order valence-corrected chi connectivity index (χ3v) is 10.7. The van der Waals surface area contributed by atoms with Gasteiger partial charge in [0.15, 0.2) is 17.3 Å². The molecule has 9 nitrogen and oxygen atoms in total. The van der Waals surface area contributed by atoms with Gasteiger partial charge in [-0.05, 0) is 66.2 Å². The van der Waals surface area contributed by atoms with Crippen molar-refractivity contribution in [3.05, 3.63) is 95.1 Å². The topological polar surface area (TPSA) is 121 Å². The smallest absolute Gasteiger partial charge is 0.310 e. The maximum Gasteiger partial charge on any atom is 0.310 e. The van der Waals surface area contributed by atoms with Gasteiger partial charge < -0.3 is 33.9 Å². The number of rotatable bonds is 8. The van der Waals surface area contributed by atoms with E-state index in [-0.39, 0.29) is 42.6 Å². The zero-order valence-corrected chi connectivity index (χ0v) is 26.6. The molecule has 0 aromatic heterocycles. The maximum atomic E-state index is 13.8. The normalized spacial score (nSPS) is 37.1. The van der Waals surface area contributed by atoms with Crippen LogP contribution in [-0.2, 0) is 41.4 Å². The van der Waals surface area contributed by atoms with Gasteiger partial charge in [0.25, 0.3) is 5.97 Å². The van der Waals surface area contributed by atoms with Gasteiger partial charge in [0.1, 0.15) is 23.9 Å². The lowest BCUT2D eigenvalue weighted by Crippen LogP contribution is -2.70. The van der Waals surface area contributed by atoms with Crippen LogP contribution in [0.3, 0.4) is 0 Å². The van der Waals surface area contributed by atoms with Crippen LogP contribution in [0.1, 0.15) is 44.7 Å². The molecule has 2 saturated heterocycles. The summed E-state index contributed by atoms with van der Waals surface area (Å²) in [6, 6.07) is 14.5. The number of fused-ring (bicyclic) bond motifs is 2.